The van der Waals surface area contributed by atoms with Gasteiger partial charge in [0, 0.05) is 24.9 Å². The van der Waals surface area contributed by atoms with Gasteiger partial charge in [-0.05, 0) is 78.8 Å². The zero-order chi connectivity index (χ0) is 27.7. The van der Waals surface area contributed by atoms with E-state index in [9.17, 15) is 13.6 Å². The van der Waals surface area contributed by atoms with Crippen LogP contribution in [0.3, 0.4) is 0 Å². The molecule has 3 rings (SSSR count). The van der Waals surface area contributed by atoms with Crippen molar-refractivity contribution in [3.05, 3.63) is 82.0 Å². The van der Waals surface area contributed by atoms with Gasteiger partial charge >= 0.3 is 0 Å². The van der Waals surface area contributed by atoms with E-state index in [0.717, 1.165) is 35.6 Å². The zero-order valence-corrected chi connectivity index (χ0v) is 23.1. The summed E-state index contributed by atoms with van der Waals surface area (Å²) in [6.45, 7) is 6.69. The molecule has 5 nitrogen and oxygen atoms in total. The van der Waals surface area contributed by atoms with Crippen LogP contribution in [0.1, 0.15) is 56.7 Å². The Bertz CT molecular complexity index is 1200. The summed E-state index contributed by atoms with van der Waals surface area (Å²) < 4.78 is 37.1. The SMILES string of the molecule is CCC=C(CCNC(=O)C1=CC(CC)OC(Cc2ccc(OCC(C)(F)F)cc2)=N1)c1cc(Cl)ccc1C. The van der Waals surface area contributed by atoms with Crippen molar-refractivity contribution >= 4 is 29.0 Å². The molecule has 8 heteroatoms. The van der Waals surface area contributed by atoms with Crippen LogP contribution in [0, 0.1) is 6.92 Å². The molecule has 1 aliphatic heterocycles. The van der Waals surface area contributed by atoms with E-state index in [2.05, 4.69) is 23.3 Å². The van der Waals surface area contributed by atoms with Crippen molar-refractivity contribution in [3.63, 3.8) is 0 Å². The van der Waals surface area contributed by atoms with Gasteiger partial charge in [0.1, 0.15) is 17.6 Å². The number of nitrogens with zero attached hydrogens (tertiary/aromatic N) is 1. The predicted molar refractivity (Wildman–Crippen MR) is 149 cm³/mol. The summed E-state index contributed by atoms with van der Waals surface area (Å²) in [6, 6.07) is 12.6. The maximum atomic E-state index is 13.0. The topological polar surface area (TPSA) is 59.9 Å². The third kappa shape index (κ3) is 8.98. The Morgan fingerprint density at radius 3 is 2.61 bits per heavy atom. The lowest BCUT2D eigenvalue weighted by molar-refractivity contribution is -0.117. The van der Waals surface area contributed by atoms with Gasteiger partial charge in [0.2, 0.25) is 0 Å². The quantitative estimate of drug-likeness (QED) is 0.304. The van der Waals surface area contributed by atoms with Gasteiger partial charge in [0.05, 0.1) is 0 Å². The summed E-state index contributed by atoms with van der Waals surface area (Å²) in [5.41, 5.74) is 4.55. The number of nitrogens with one attached hydrogen (secondary N) is 1. The first-order valence-electron chi connectivity index (χ1n) is 12.9. The fourth-order valence-electron chi connectivity index (χ4n) is 4.01. The molecule has 1 unspecified atom stereocenters. The molecule has 38 heavy (non-hydrogen) atoms. The minimum Gasteiger partial charge on any atom is -0.487 e. The van der Waals surface area contributed by atoms with Gasteiger partial charge in [-0.25, -0.2) is 13.8 Å². The summed E-state index contributed by atoms with van der Waals surface area (Å²) in [5.74, 6) is -2.37. The van der Waals surface area contributed by atoms with Crippen LogP contribution in [0.15, 0.2) is 65.3 Å². The molecule has 2 aromatic rings. The van der Waals surface area contributed by atoms with Gasteiger partial charge in [0.15, 0.2) is 12.5 Å². The van der Waals surface area contributed by atoms with E-state index in [1.807, 2.05) is 32.0 Å². The normalized spacial score (nSPS) is 15.9. The molecule has 0 aliphatic carbocycles. The Hall–Kier alpha value is -3.19. The standard InChI is InChI=1S/C30H35ClF2N2O3/c1-5-7-22(26-17-23(31)11-8-20(26)3)14-15-34-29(36)27-18-24(6-2)38-28(35-27)16-21-9-12-25(13-10-21)37-19-30(4,32)33/h7-13,17-18,24H,5-6,14-16,19H2,1-4H3,(H,34,36). The number of carbonyl (C=O) groups is 1. The number of allylic oxidation sites excluding steroid dienone is 1. The molecule has 1 aliphatic rings. The fourth-order valence-corrected chi connectivity index (χ4v) is 4.19. The molecule has 1 N–H and O–H groups in total. The average molecular weight is 545 g/mol. The maximum Gasteiger partial charge on any atom is 0.278 e. The largest absolute Gasteiger partial charge is 0.487 e. The highest BCUT2D eigenvalue weighted by Crippen LogP contribution is 2.26. The number of amides is 1. The Labute approximate surface area is 228 Å². The van der Waals surface area contributed by atoms with E-state index in [0.29, 0.717) is 48.2 Å². The maximum absolute atomic E-state index is 13.0. The lowest BCUT2D eigenvalue weighted by Crippen LogP contribution is -2.30. The molecular weight excluding hydrogens is 510 g/mol. The molecule has 0 spiro atoms. The number of rotatable bonds is 12. The van der Waals surface area contributed by atoms with Crippen LogP contribution in [-0.4, -0.2) is 37.0 Å². The third-order valence-electron chi connectivity index (χ3n) is 5.96. The van der Waals surface area contributed by atoms with Crippen molar-refractivity contribution in [3.8, 4) is 5.75 Å². The lowest BCUT2D eigenvalue weighted by atomic mass is 9.97. The number of hydrogen-bond acceptors (Lipinski definition) is 4. The smallest absolute Gasteiger partial charge is 0.278 e. The first kappa shape index (κ1) is 29.4. The number of halogens is 3. The van der Waals surface area contributed by atoms with Crippen molar-refractivity contribution in [1.29, 1.82) is 0 Å². The predicted octanol–water partition coefficient (Wildman–Crippen LogP) is 7.32. The van der Waals surface area contributed by atoms with Gasteiger partial charge < -0.3 is 14.8 Å². The first-order valence-corrected chi connectivity index (χ1v) is 13.2. The van der Waals surface area contributed by atoms with E-state index in [4.69, 9.17) is 21.1 Å². The van der Waals surface area contributed by atoms with Crippen molar-refractivity contribution < 1.29 is 23.0 Å². The molecule has 0 saturated carbocycles. The minimum absolute atomic E-state index is 0.257. The molecule has 2 aromatic carbocycles. The van der Waals surface area contributed by atoms with Crippen LogP contribution in [-0.2, 0) is 16.0 Å². The molecular formula is C30H35ClF2N2O3. The highest BCUT2D eigenvalue weighted by molar-refractivity contribution is 6.30. The van der Waals surface area contributed by atoms with Crippen LogP contribution in [0.5, 0.6) is 5.75 Å². The highest BCUT2D eigenvalue weighted by atomic mass is 35.5. The Morgan fingerprint density at radius 1 is 1.21 bits per heavy atom. The number of alkyl halides is 2. The van der Waals surface area contributed by atoms with Crippen molar-refractivity contribution in [1.82, 2.24) is 5.32 Å². The summed E-state index contributed by atoms with van der Waals surface area (Å²) in [7, 11) is 0. The monoisotopic (exact) mass is 544 g/mol. The van der Waals surface area contributed by atoms with Gasteiger partial charge in [-0.15, -0.1) is 0 Å². The molecule has 204 valence electrons. The lowest BCUT2D eigenvalue weighted by Gasteiger charge is -2.21. The molecule has 1 heterocycles. The molecule has 0 radical (unpaired) electrons. The van der Waals surface area contributed by atoms with Crippen molar-refractivity contribution in [2.75, 3.05) is 13.2 Å². The van der Waals surface area contributed by atoms with E-state index in [1.54, 1.807) is 30.3 Å². The highest BCUT2D eigenvalue weighted by Gasteiger charge is 2.23. The summed E-state index contributed by atoms with van der Waals surface area (Å²) in [5, 5.41) is 3.67. The van der Waals surface area contributed by atoms with Gasteiger partial charge in [-0.3, -0.25) is 4.79 Å². The number of benzene rings is 2. The third-order valence-corrected chi connectivity index (χ3v) is 6.19. The second kappa shape index (κ2) is 13.6. The van der Waals surface area contributed by atoms with Gasteiger partial charge in [0.25, 0.3) is 11.8 Å². The Balaban J connectivity index is 1.63. The Morgan fingerprint density at radius 2 is 1.95 bits per heavy atom. The van der Waals surface area contributed by atoms with Crippen LogP contribution in [0.4, 0.5) is 8.78 Å². The molecule has 0 fully saturated rings. The van der Waals surface area contributed by atoms with Crippen LogP contribution >= 0.6 is 11.6 Å². The second-order valence-electron chi connectivity index (χ2n) is 9.40. The number of aryl methyl sites for hydroxylation is 1. The van der Waals surface area contributed by atoms with Crippen LogP contribution in [0.2, 0.25) is 5.02 Å². The fraction of sp³-hybridized carbons (Fsp3) is 0.400. The van der Waals surface area contributed by atoms with Crippen molar-refractivity contribution in [2.24, 2.45) is 4.99 Å². The molecule has 0 bridgehead atoms. The van der Waals surface area contributed by atoms with E-state index < -0.39 is 12.5 Å². The molecule has 1 atom stereocenters. The summed E-state index contributed by atoms with van der Waals surface area (Å²) in [6.07, 6.45) is 6.23. The van der Waals surface area contributed by atoms with Crippen LogP contribution in [0.25, 0.3) is 5.57 Å². The summed E-state index contributed by atoms with van der Waals surface area (Å²) in [4.78, 5) is 17.5. The molecule has 1 amide bonds. The van der Waals surface area contributed by atoms with E-state index in [1.165, 1.54) is 0 Å². The Kier molecular flexibility index (Phi) is 10.5. The zero-order valence-electron chi connectivity index (χ0n) is 22.3. The molecule has 0 saturated heterocycles. The van der Waals surface area contributed by atoms with Crippen molar-refractivity contribution in [2.45, 2.75) is 65.4 Å². The second-order valence-corrected chi connectivity index (χ2v) is 9.84. The number of aliphatic imine (C=N–C) groups is 1. The van der Waals surface area contributed by atoms with Crippen LogP contribution < -0.4 is 10.1 Å². The minimum atomic E-state index is -2.90. The van der Waals surface area contributed by atoms with E-state index in [-0.39, 0.29) is 12.0 Å². The first-order chi connectivity index (χ1) is 18.1. The van der Waals surface area contributed by atoms with E-state index >= 15 is 0 Å². The molecule has 0 aromatic heterocycles. The number of carbonyl (C=O) groups excluding carboxylic acids is 1. The van der Waals surface area contributed by atoms with Gasteiger partial charge in [-0.2, -0.15) is 0 Å². The number of hydrogen-bond donors (Lipinski definition) is 1. The van der Waals surface area contributed by atoms with Gasteiger partial charge in [-0.1, -0.05) is 49.7 Å². The summed E-state index contributed by atoms with van der Waals surface area (Å²) >= 11 is 6.22. The number of ether oxygens (including phenoxy) is 2. The average Bonchev–Trinajstić information content (AvgIpc) is 2.88.